The molecule has 0 atom stereocenters. The fraction of sp³-hybridized carbons (Fsp3) is 0.118. The van der Waals surface area contributed by atoms with Crippen LogP contribution in [-0.4, -0.2) is 18.4 Å². The first kappa shape index (κ1) is 15.3. The van der Waals surface area contributed by atoms with E-state index in [1.54, 1.807) is 55.5 Å². The van der Waals surface area contributed by atoms with E-state index in [-0.39, 0.29) is 0 Å². The van der Waals surface area contributed by atoms with E-state index in [0.717, 1.165) is 0 Å². The van der Waals surface area contributed by atoms with Crippen molar-refractivity contribution in [3.8, 4) is 6.07 Å². The maximum Gasteiger partial charge on any atom is 0.316 e. The molecular weight excluding hydrogens is 278 g/mol. The molecule has 0 aromatic heterocycles. The van der Waals surface area contributed by atoms with Crippen molar-refractivity contribution in [2.24, 2.45) is 0 Å². The van der Waals surface area contributed by atoms with Gasteiger partial charge in [-0.25, -0.2) is 0 Å². The van der Waals surface area contributed by atoms with Crippen molar-refractivity contribution in [1.82, 2.24) is 0 Å². The van der Waals surface area contributed by atoms with Crippen LogP contribution in [0.5, 0.6) is 0 Å². The van der Waals surface area contributed by atoms with Crippen molar-refractivity contribution in [1.29, 1.82) is 5.26 Å². The molecular formula is C17H15N3O2. The maximum absolute atomic E-state index is 12.3. The van der Waals surface area contributed by atoms with E-state index in [2.05, 4.69) is 5.32 Å². The minimum Gasteiger partial charge on any atom is -0.317 e. The molecule has 5 nitrogen and oxygen atoms in total. The van der Waals surface area contributed by atoms with Gasteiger partial charge < -0.3 is 10.2 Å². The average molecular weight is 293 g/mol. The van der Waals surface area contributed by atoms with E-state index >= 15 is 0 Å². The smallest absolute Gasteiger partial charge is 0.316 e. The normalized spacial score (nSPS) is 9.64. The molecule has 0 saturated carbocycles. The second kappa shape index (κ2) is 7.04. The van der Waals surface area contributed by atoms with Gasteiger partial charge in [-0.3, -0.25) is 9.59 Å². The fourth-order valence-electron chi connectivity index (χ4n) is 2.04. The second-order valence-corrected chi connectivity index (χ2v) is 4.50. The molecule has 0 aliphatic rings. The Morgan fingerprint density at radius 1 is 1.09 bits per heavy atom. The lowest BCUT2D eigenvalue weighted by molar-refractivity contribution is -0.134. The van der Waals surface area contributed by atoms with Gasteiger partial charge in [0.05, 0.1) is 11.3 Å². The molecule has 2 aromatic carbocycles. The van der Waals surface area contributed by atoms with Crippen molar-refractivity contribution < 1.29 is 9.59 Å². The van der Waals surface area contributed by atoms with Gasteiger partial charge in [-0.05, 0) is 31.2 Å². The van der Waals surface area contributed by atoms with Crippen LogP contribution in [0.25, 0.3) is 0 Å². The summed E-state index contributed by atoms with van der Waals surface area (Å²) in [5, 5.41) is 11.5. The Morgan fingerprint density at radius 2 is 1.73 bits per heavy atom. The first-order valence-corrected chi connectivity index (χ1v) is 6.84. The highest BCUT2D eigenvalue weighted by atomic mass is 16.2. The fourth-order valence-corrected chi connectivity index (χ4v) is 2.04. The minimum absolute atomic E-state index is 0.311. The molecule has 0 fully saturated rings. The molecule has 0 bridgehead atoms. The van der Waals surface area contributed by atoms with E-state index in [4.69, 9.17) is 5.26 Å². The molecule has 0 heterocycles. The van der Waals surface area contributed by atoms with Crippen LogP contribution < -0.4 is 10.2 Å². The number of hydrogen-bond donors (Lipinski definition) is 1. The van der Waals surface area contributed by atoms with Gasteiger partial charge in [-0.1, -0.05) is 30.3 Å². The zero-order valence-electron chi connectivity index (χ0n) is 12.1. The summed E-state index contributed by atoms with van der Waals surface area (Å²) in [6.07, 6.45) is 0. The lowest BCUT2D eigenvalue weighted by Gasteiger charge is -2.20. The number of hydrogen-bond acceptors (Lipinski definition) is 3. The number of amides is 2. The third-order valence-electron chi connectivity index (χ3n) is 3.12. The van der Waals surface area contributed by atoms with Crippen LogP contribution in [0.15, 0.2) is 54.6 Å². The lowest BCUT2D eigenvalue weighted by atomic mass is 10.2. The average Bonchev–Trinajstić information content (AvgIpc) is 2.57. The summed E-state index contributed by atoms with van der Waals surface area (Å²) in [5.41, 5.74) is 1.29. The molecule has 5 heteroatoms. The predicted octanol–water partition coefficient (Wildman–Crippen LogP) is 2.55. The molecule has 2 aromatic rings. The highest BCUT2D eigenvalue weighted by Crippen LogP contribution is 2.16. The van der Waals surface area contributed by atoms with Crippen LogP contribution in [0, 0.1) is 11.3 Å². The molecule has 110 valence electrons. The Kier molecular flexibility index (Phi) is 4.89. The van der Waals surface area contributed by atoms with Crippen molar-refractivity contribution in [3.63, 3.8) is 0 Å². The van der Waals surface area contributed by atoms with Crippen molar-refractivity contribution in [2.75, 3.05) is 16.8 Å². The Bertz CT molecular complexity index is 720. The van der Waals surface area contributed by atoms with Crippen LogP contribution >= 0.6 is 0 Å². The van der Waals surface area contributed by atoms with Gasteiger partial charge in [-0.2, -0.15) is 5.26 Å². The molecule has 2 amide bonds. The highest BCUT2D eigenvalue weighted by Gasteiger charge is 2.22. The SMILES string of the molecule is CCN(C(=O)C(=O)Nc1ccccc1C#N)c1ccccc1. The van der Waals surface area contributed by atoms with Crippen molar-refractivity contribution in [2.45, 2.75) is 6.92 Å². The number of anilines is 2. The molecule has 0 aliphatic heterocycles. The Balaban J connectivity index is 2.18. The molecule has 0 radical (unpaired) electrons. The van der Waals surface area contributed by atoms with E-state index in [9.17, 15) is 9.59 Å². The molecule has 1 N–H and O–H groups in total. The largest absolute Gasteiger partial charge is 0.317 e. The predicted molar refractivity (Wildman–Crippen MR) is 84.3 cm³/mol. The summed E-state index contributed by atoms with van der Waals surface area (Å²) >= 11 is 0. The molecule has 22 heavy (non-hydrogen) atoms. The van der Waals surface area contributed by atoms with Crippen LogP contribution in [0.3, 0.4) is 0 Å². The maximum atomic E-state index is 12.3. The third kappa shape index (κ3) is 3.30. The Morgan fingerprint density at radius 3 is 2.36 bits per heavy atom. The second-order valence-electron chi connectivity index (χ2n) is 4.50. The number of likely N-dealkylation sites (N-methyl/N-ethyl adjacent to an activating group) is 1. The number of benzene rings is 2. The number of nitrogens with one attached hydrogen (secondary N) is 1. The first-order chi connectivity index (χ1) is 10.7. The van der Waals surface area contributed by atoms with E-state index in [1.807, 2.05) is 12.1 Å². The van der Waals surface area contributed by atoms with Gasteiger partial charge >= 0.3 is 11.8 Å². The number of carbonyl (C=O) groups is 2. The molecule has 0 spiro atoms. The summed E-state index contributed by atoms with van der Waals surface area (Å²) in [6, 6.07) is 17.5. The summed E-state index contributed by atoms with van der Waals surface area (Å²) in [6.45, 7) is 2.16. The number of carbonyl (C=O) groups excluding carboxylic acids is 2. The molecule has 0 saturated heterocycles. The van der Waals surface area contributed by atoms with E-state index in [1.165, 1.54) is 4.90 Å². The number of para-hydroxylation sites is 2. The summed E-state index contributed by atoms with van der Waals surface area (Å²) < 4.78 is 0. The van der Waals surface area contributed by atoms with Crippen LogP contribution in [0.4, 0.5) is 11.4 Å². The zero-order chi connectivity index (χ0) is 15.9. The van der Waals surface area contributed by atoms with Crippen molar-refractivity contribution >= 4 is 23.2 Å². The summed E-state index contributed by atoms with van der Waals surface area (Å²) in [5.74, 6) is -1.44. The zero-order valence-corrected chi connectivity index (χ0v) is 12.1. The van der Waals surface area contributed by atoms with Crippen LogP contribution in [-0.2, 0) is 9.59 Å². The van der Waals surface area contributed by atoms with Gasteiger partial charge in [0.1, 0.15) is 6.07 Å². The molecule has 0 unspecified atom stereocenters. The van der Waals surface area contributed by atoms with Gasteiger partial charge in [0.2, 0.25) is 0 Å². The number of rotatable bonds is 3. The topological polar surface area (TPSA) is 73.2 Å². The van der Waals surface area contributed by atoms with Crippen molar-refractivity contribution in [3.05, 3.63) is 60.2 Å². The number of nitriles is 1. The Labute approximate surface area is 128 Å². The standard InChI is InChI=1S/C17H15N3O2/c1-2-20(14-9-4-3-5-10-14)17(22)16(21)19-15-11-7-6-8-13(15)12-18/h3-11H,2H2,1H3,(H,19,21). The van der Waals surface area contributed by atoms with Crippen LogP contribution in [0.1, 0.15) is 12.5 Å². The van der Waals surface area contributed by atoms with E-state index < -0.39 is 11.8 Å². The van der Waals surface area contributed by atoms with Crippen LogP contribution in [0.2, 0.25) is 0 Å². The van der Waals surface area contributed by atoms with Gasteiger partial charge in [0.15, 0.2) is 0 Å². The van der Waals surface area contributed by atoms with E-state index in [0.29, 0.717) is 23.5 Å². The third-order valence-corrected chi connectivity index (χ3v) is 3.12. The highest BCUT2D eigenvalue weighted by molar-refractivity contribution is 6.44. The number of nitrogens with zero attached hydrogens (tertiary/aromatic N) is 2. The summed E-state index contributed by atoms with van der Waals surface area (Å²) in [7, 11) is 0. The van der Waals surface area contributed by atoms with Gasteiger partial charge in [0.25, 0.3) is 0 Å². The molecule has 2 rings (SSSR count). The lowest BCUT2D eigenvalue weighted by Crippen LogP contribution is -2.39. The first-order valence-electron chi connectivity index (χ1n) is 6.84. The monoisotopic (exact) mass is 293 g/mol. The van der Waals surface area contributed by atoms with Gasteiger partial charge in [0, 0.05) is 12.2 Å². The summed E-state index contributed by atoms with van der Waals surface area (Å²) in [4.78, 5) is 25.8. The quantitative estimate of drug-likeness (QED) is 0.884. The Hall–Kier alpha value is -3.13. The molecule has 0 aliphatic carbocycles. The van der Waals surface area contributed by atoms with Gasteiger partial charge in [-0.15, -0.1) is 0 Å². The minimum atomic E-state index is -0.770.